The predicted molar refractivity (Wildman–Crippen MR) is 93.8 cm³/mol. The van der Waals surface area contributed by atoms with Gasteiger partial charge in [-0.15, -0.1) is 0 Å². The molecular formula is C18H21N3O2. The minimum atomic E-state index is -0.373. The second-order valence-electron chi connectivity index (χ2n) is 6.03. The van der Waals surface area contributed by atoms with Crippen LogP contribution in [0.2, 0.25) is 0 Å². The van der Waals surface area contributed by atoms with Crippen LogP contribution in [0, 0.1) is 12.3 Å². The molecule has 120 valence electrons. The van der Waals surface area contributed by atoms with Crippen molar-refractivity contribution in [3.8, 4) is 5.75 Å². The van der Waals surface area contributed by atoms with Crippen LogP contribution >= 0.6 is 0 Å². The van der Waals surface area contributed by atoms with E-state index in [1.807, 2.05) is 32.9 Å². The Morgan fingerprint density at radius 2 is 2.22 bits per heavy atom. The highest BCUT2D eigenvalue weighted by molar-refractivity contribution is 6.17. The summed E-state index contributed by atoms with van der Waals surface area (Å²) < 4.78 is 5.88. The number of carbonyl (C=O) groups is 1. The summed E-state index contributed by atoms with van der Waals surface area (Å²) >= 11 is 0. The highest BCUT2D eigenvalue weighted by Gasteiger charge is 2.30. The van der Waals surface area contributed by atoms with E-state index in [1.54, 1.807) is 0 Å². The predicted octanol–water partition coefficient (Wildman–Crippen LogP) is 3.44. The van der Waals surface area contributed by atoms with E-state index in [9.17, 15) is 4.79 Å². The molecule has 0 aliphatic carbocycles. The summed E-state index contributed by atoms with van der Waals surface area (Å²) in [6.45, 7) is 9.49. The first-order chi connectivity index (χ1) is 10.9. The Labute approximate surface area is 136 Å². The second-order valence-corrected chi connectivity index (χ2v) is 6.03. The molecule has 0 fully saturated rings. The smallest absolute Gasteiger partial charge is 0.258 e. The molecule has 0 spiro atoms. The van der Waals surface area contributed by atoms with Crippen molar-refractivity contribution < 1.29 is 9.53 Å². The number of anilines is 1. The zero-order valence-corrected chi connectivity index (χ0v) is 13.6. The second kappa shape index (κ2) is 6.60. The van der Waals surface area contributed by atoms with Gasteiger partial charge in [-0.2, -0.15) is 0 Å². The minimum absolute atomic E-state index is 0.166. The van der Waals surface area contributed by atoms with E-state index in [4.69, 9.17) is 10.1 Å². The summed E-state index contributed by atoms with van der Waals surface area (Å²) in [5, 5.41) is 10.2. The van der Waals surface area contributed by atoms with Crippen molar-refractivity contribution in [1.82, 2.24) is 0 Å². The number of amides is 1. The van der Waals surface area contributed by atoms with Gasteiger partial charge in [0.1, 0.15) is 11.4 Å². The zero-order valence-electron chi connectivity index (χ0n) is 13.6. The first-order valence-electron chi connectivity index (χ1n) is 7.35. The number of benzene rings is 1. The molecule has 1 amide bonds. The quantitative estimate of drug-likeness (QED) is 0.645. The molecule has 5 heteroatoms. The van der Waals surface area contributed by atoms with Crippen molar-refractivity contribution in [2.45, 2.75) is 32.8 Å². The molecule has 1 aliphatic rings. The maximum absolute atomic E-state index is 12.3. The molecule has 5 nitrogen and oxygen atoms in total. The van der Waals surface area contributed by atoms with Crippen LogP contribution in [0.3, 0.4) is 0 Å². The Morgan fingerprint density at radius 1 is 1.48 bits per heavy atom. The molecule has 1 aliphatic heterocycles. The van der Waals surface area contributed by atoms with Crippen LogP contribution in [0.5, 0.6) is 5.75 Å². The van der Waals surface area contributed by atoms with E-state index in [2.05, 4.69) is 16.9 Å². The van der Waals surface area contributed by atoms with Crippen LogP contribution in [0.15, 0.2) is 41.6 Å². The molecule has 23 heavy (non-hydrogen) atoms. The Kier molecular flexibility index (Phi) is 4.79. The molecule has 1 aromatic carbocycles. The van der Waals surface area contributed by atoms with Crippen molar-refractivity contribution >= 4 is 24.0 Å². The SMILES string of the molecule is C=CC=N/C=C(/C=N)C(=O)Nc1cc2c(cc1C)OC(C)(C)C2. The monoisotopic (exact) mass is 311 g/mol. The molecule has 0 atom stereocenters. The Balaban J connectivity index is 2.22. The highest BCUT2D eigenvalue weighted by atomic mass is 16.5. The molecular weight excluding hydrogens is 290 g/mol. The normalized spacial score (nSPS) is 15.9. The third-order valence-corrected chi connectivity index (χ3v) is 3.48. The van der Waals surface area contributed by atoms with Gasteiger partial charge in [0.2, 0.25) is 0 Å². The Bertz CT molecular complexity index is 715. The number of hydrogen-bond acceptors (Lipinski definition) is 4. The van der Waals surface area contributed by atoms with Crippen LogP contribution < -0.4 is 10.1 Å². The third kappa shape index (κ3) is 3.94. The van der Waals surface area contributed by atoms with E-state index < -0.39 is 0 Å². The first-order valence-corrected chi connectivity index (χ1v) is 7.35. The molecule has 2 N–H and O–H groups in total. The van der Waals surface area contributed by atoms with Gasteiger partial charge in [-0.25, -0.2) is 0 Å². The molecule has 0 saturated carbocycles. The van der Waals surface area contributed by atoms with Crippen LogP contribution in [0.25, 0.3) is 0 Å². The largest absolute Gasteiger partial charge is 0.487 e. The molecule has 0 aromatic heterocycles. The van der Waals surface area contributed by atoms with Gasteiger partial charge in [0.15, 0.2) is 0 Å². The number of nitrogens with one attached hydrogen (secondary N) is 2. The summed E-state index contributed by atoms with van der Waals surface area (Å²) in [5.74, 6) is 0.492. The number of nitrogens with zero attached hydrogens (tertiary/aromatic N) is 1. The standard InChI is InChI=1S/C18H21N3O2/c1-5-6-20-11-14(10-19)17(22)21-15-8-13-9-18(3,4)23-16(13)7-12(15)2/h5-8,10-11,19H,1,9H2,2-4H3,(H,21,22)/b14-11-,19-10?,20-6?. The third-order valence-electron chi connectivity index (χ3n) is 3.48. The fourth-order valence-electron chi connectivity index (χ4n) is 2.43. The summed E-state index contributed by atoms with van der Waals surface area (Å²) in [4.78, 5) is 16.1. The lowest BCUT2D eigenvalue weighted by Gasteiger charge is -2.16. The fraction of sp³-hybridized carbons (Fsp3) is 0.278. The number of aliphatic imine (C=N–C) groups is 1. The lowest BCUT2D eigenvalue weighted by atomic mass is 10.00. The Morgan fingerprint density at radius 3 is 2.87 bits per heavy atom. The number of ether oxygens (including phenoxy) is 1. The van der Waals surface area contributed by atoms with Gasteiger partial charge in [0, 0.05) is 36.3 Å². The molecule has 0 bridgehead atoms. The lowest BCUT2D eigenvalue weighted by molar-refractivity contribution is -0.112. The Hall–Kier alpha value is -2.69. The van der Waals surface area contributed by atoms with Crippen LogP contribution in [0.1, 0.15) is 25.0 Å². The van der Waals surface area contributed by atoms with Crippen LogP contribution in [-0.4, -0.2) is 23.9 Å². The fourth-order valence-corrected chi connectivity index (χ4v) is 2.43. The summed E-state index contributed by atoms with van der Waals surface area (Å²) in [5.41, 5.74) is 2.64. The van der Waals surface area contributed by atoms with E-state index in [0.717, 1.165) is 35.2 Å². The molecule has 0 unspecified atom stereocenters. The van der Waals surface area contributed by atoms with E-state index >= 15 is 0 Å². The average molecular weight is 311 g/mol. The topological polar surface area (TPSA) is 74.5 Å². The molecule has 0 saturated heterocycles. The molecule has 0 radical (unpaired) electrons. The first kappa shape index (κ1) is 16.7. The van der Waals surface area contributed by atoms with Crippen molar-refractivity contribution in [2.24, 2.45) is 4.99 Å². The zero-order chi connectivity index (χ0) is 17.0. The van der Waals surface area contributed by atoms with Gasteiger partial charge in [-0.05, 0) is 38.5 Å². The summed E-state index contributed by atoms with van der Waals surface area (Å²) in [7, 11) is 0. The number of rotatable bonds is 5. The number of allylic oxidation sites excluding steroid dienone is 1. The van der Waals surface area contributed by atoms with Crippen molar-refractivity contribution in [3.63, 3.8) is 0 Å². The molecule has 2 rings (SSSR count). The van der Waals surface area contributed by atoms with Gasteiger partial charge < -0.3 is 15.5 Å². The van der Waals surface area contributed by atoms with Crippen LogP contribution in [-0.2, 0) is 11.2 Å². The molecule has 1 aromatic rings. The van der Waals surface area contributed by atoms with Crippen molar-refractivity contribution in [3.05, 3.63) is 47.7 Å². The summed E-state index contributed by atoms with van der Waals surface area (Å²) in [6.07, 6.45) is 6.06. The summed E-state index contributed by atoms with van der Waals surface area (Å²) in [6, 6.07) is 3.87. The minimum Gasteiger partial charge on any atom is -0.487 e. The van der Waals surface area contributed by atoms with Crippen molar-refractivity contribution in [2.75, 3.05) is 5.32 Å². The van der Waals surface area contributed by atoms with Crippen molar-refractivity contribution in [1.29, 1.82) is 5.41 Å². The van der Waals surface area contributed by atoms with Gasteiger partial charge in [-0.1, -0.05) is 12.7 Å². The number of carbonyl (C=O) groups excluding carboxylic acids is 1. The maximum atomic E-state index is 12.3. The average Bonchev–Trinajstić information content (AvgIpc) is 2.77. The maximum Gasteiger partial charge on any atom is 0.258 e. The lowest BCUT2D eigenvalue weighted by Crippen LogP contribution is -2.24. The molecule has 1 heterocycles. The van der Waals surface area contributed by atoms with E-state index in [0.29, 0.717) is 0 Å². The number of aryl methyl sites for hydroxylation is 1. The van der Waals surface area contributed by atoms with E-state index in [-0.39, 0.29) is 17.1 Å². The van der Waals surface area contributed by atoms with Crippen LogP contribution in [0.4, 0.5) is 5.69 Å². The van der Waals surface area contributed by atoms with Gasteiger partial charge in [0.05, 0.1) is 5.57 Å². The highest BCUT2D eigenvalue weighted by Crippen LogP contribution is 2.38. The van der Waals surface area contributed by atoms with Gasteiger partial charge in [0.25, 0.3) is 5.91 Å². The number of hydrogen-bond donors (Lipinski definition) is 2. The van der Waals surface area contributed by atoms with E-state index in [1.165, 1.54) is 18.5 Å². The van der Waals surface area contributed by atoms with Gasteiger partial charge >= 0.3 is 0 Å². The number of fused-ring (bicyclic) bond motifs is 1. The van der Waals surface area contributed by atoms with Gasteiger partial charge in [-0.3, -0.25) is 9.79 Å².